The molecule has 0 bridgehead atoms. The average Bonchev–Trinajstić information content (AvgIpc) is 2.62. The van der Waals surface area contributed by atoms with Crippen molar-refractivity contribution in [1.29, 1.82) is 0 Å². The van der Waals surface area contributed by atoms with Crippen LogP contribution in [0.4, 0.5) is 5.69 Å². The van der Waals surface area contributed by atoms with Crippen molar-refractivity contribution in [1.82, 2.24) is 9.78 Å². The van der Waals surface area contributed by atoms with Crippen LogP contribution in [0.1, 0.15) is 22.5 Å². The van der Waals surface area contributed by atoms with Crippen molar-refractivity contribution in [3.8, 4) is 0 Å². The molecule has 20 heavy (non-hydrogen) atoms. The summed E-state index contributed by atoms with van der Waals surface area (Å²) in [5, 5.41) is 7.37. The lowest BCUT2D eigenvalue weighted by molar-refractivity contribution is -0.116. The molecule has 106 valence electrons. The zero-order chi connectivity index (χ0) is 14.9. The second kappa shape index (κ2) is 5.95. The van der Waals surface area contributed by atoms with Crippen molar-refractivity contribution < 1.29 is 4.79 Å². The Balaban J connectivity index is 2.15. The SMILES string of the molecule is Cc1cccc(C)c1NC(=O)Cn1nc(C)c(I)c1C. The summed E-state index contributed by atoms with van der Waals surface area (Å²) in [5.74, 6) is -0.0515. The van der Waals surface area contributed by atoms with E-state index in [-0.39, 0.29) is 12.5 Å². The predicted molar refractivity (Wildman–Crippen MR) is 89.0 cm³/mol. The van der Waals surface area contributed by atoms with E-state index in [4.69, 9.17) is 0 Å². The van der Waals surface area contributed by atoms with E-state index in [1.54, 1.807) is 4.68 Å². The number of rotatable bonds is 3. The number of carbonyl (C=O) groups is 1. The number of nitrogens with one attached hydrogen (secondary N) is 1. The summed E-state index contributed by atoms with van der Waals surface area (Å²) in [6.45, 7) is 8.16. The molecule has 0 spiro atoms. The van der Waals surface area contributed by atoms with Crippen LogP contribution in [0.5, 0.6) is 0 Å². The molecule has 1 aromatic heterocycles. The lowest BCUT2D eigenvalue weighted by atomic mass is 10.1. The predicted octanol–water partition coefficient (Wildman–Crippen LogP) is 3.36. The van der Waals surface area contributed by atoms with Crippen LogP contribution in [-0.2, 0) is 11.3 Å². The Hall–Kier alpha value is -1.37. The van der Waals surface area contributed by atoms with Gasteiger partial charge < -0.3 is 5.32 Å². The van der Waals surface area contributed by atoms with Gasteiger partial charge in [-0.1, -0.05) is 18.2 Å². The first-order chi connectivity index (χ1) is 9.40. The first kappa shape index (κ1) is 15.0. The molecule has 4 nitrogen and oxygen atoms in total. The van der Waals surface area contributed by atoms with Crippen molar-refractivity contribution >= 4 is 34.2 Å². The van der Waals surface area contributed by atoms with Gasteiger partial charge in [0.1, 0.15) is 6.54 Å². The quantitative estimate of drug-likeness (QED) is 0.827. The Morgan fingerprint density at radius 2 is 1.85 bits per heavy atom. The Bertz CT molecular complexity index is 641. The van der Waals surface area contributed by atoms with Crippen molar-refractivity contribution in [2.45, 2.75) is 34.2 Å². The fourth-order valence-electron chi connectivity index (χ4n) is 2.16. The van der Waals surface area contributed by atoms with E-state index < -0.39 is 0 Å². The third-order valence-electron chi connectivity index (χ3n) is 3.33. The summed E-state index contributed by atoms with van der Waals surface area (Å²) in [7, 11) is 0. The second-order valence-electron chi connectivity index (χ2n) is 4.96. The van der Waals surface area contributed by atoms with Crippen molar-refractivity contribution in [2.24, 2.45) is 0 Å². The standard InChI is InChI=1S/C15H18IN3O/c1-9-6-5-7-10(2)15(9)17-13(20)8-19-12(4)14(16)11(3)18-19/h5-7H,8H2,1-4H3,(H,17,20). The van der Waals surface area contributed by atoms with Gasteiger partial charge in [-0.25, -0.2) is 0 Å². The number of nitrogens with zero attached hydrogens (tertiary/aromatic N) is 2. The highest BCUT2D eigenvalue weighted by molar-refractivity contribution is 14.1. The van der Waals surface area contributed by atoms with Crippen LogP contribution < -0.4 is 5.32 Å². The Labute approximate surface area is 132 Å². The maximum atomic E-state index is 12.2. The van der Waals surface area contributed by atoms with Gasteiger partial charge in [0.05, 0.1) is 9.26 Å². The number of benzene rings is 1. The smallest absolute Gasteiger partial charge is 0.246 e. The van der Waals surface area contributed by atoms with Crippen LogP contribution in [0.25, 0.3) is 0 Å². The average molecular weight is 383 g/mol. The van der Waals surface area contributed by atoms with E-state index in [1.165, 1.54) is 0 Å². The van der Waals surface area contributed by atoms with Crippen LogP contribution in [-0.4, -0.2) is 15.7 Å². The fourth-order valence-corrected chi connectivity index (χ4v) is 2.54. The Kier molecular flexibility index (Phi) is 4.47. The summed E-state index contributed by atoms with van der Waals surface area (Å²) in [6, 6.07) is 5.98. The van der Waals surface area contributed by atoms with Crippen molar-refractivity contribution in [3.63, 3.8) is 0 Å². The zero-order valence-electron chi connectivity index (χ0n) is 12.1. The molecule has 1 amide bonds. The summed E-state index contributed by atoms with van der Waals surface area (Å²) in [4.78, 5) is 12.2. The van der Waals surface area contributed by atoms with Gasteiger partial charge in [-0.3, -0.25) is 9.48 Å². The maximum absolute atomic E-state index is 12.2. The molecule has 2 rings (SSSR count). The number of para-hydroxylation sites is 1. The van der Waals surface area contributed by atoms with E-state index in [0.29, 0.717) is 0 Å². The normalized spacial score (nSPS) is 10.7. The number of hydrogen-bond acceptors (Lipinski definition) is 2. The molecule has 1 N–H and O–H groups in total. The highest BCUT2D eigenvalue weighted by Gasteiger charge is 2.13. The summed E-state index contributed by atoms with van der Waals surface area (Å²) < 4.78 is 2.86. The van der Waals surface area contributed by atoms with E-state index in [9.17, 15) is 4.79 Å². The number of carbonyl (C=O) groups excluding carboxylic acids is 1. The number of halogens is 1. The summed E-state index contributed by atoms with van der Waals surface area (Å²) in [6.07, 6.45) is 0. The van der Waals surface area contributed by atoms with E-state index in [2.05, 4.69) is 33.0 Å². The van der Waals surface area contributed by atoms with Gasteiger partial charge >= 0.3 is 0 Å². The molecule has 0 aliphatic carbocycles. The minimum absolute atomic E-state index is 0.0515. The minimum atomic E-state index is -0.0515. The van der Waals surface area contributed by atoms with E-state index in [1.807, 2.05) is 45.9 Å². The molecule has 0 saturated carbocycles. The molecule has 0 aliphatic rings. The number of aryl methyl sites for hydroxylation is 3. The number of aromatic nitrogens is 2. The molecule has 1 heterocycles. The number of hydrogen-bond donors (Lipinski definition) is 1. The van der Waals surface area contributed by atoms with Gasteiger partial charge in [0.15, 0.2) is 0 Å². The van der Waals surface area contributed by atoms with Gasteiger partial charge in [-0.15, -0.1) is 0 Å². The lowest BCUT2D eigenvalue weighted by Gasteiger charge is -2.12. The van der Waals surface area contributed by atoms with Crippen LogP contribution in [0, 0.1) is 31.3 Å². The second-order valence-corrected chi connectivity index (χ2v) is 6.04. The monoisotopic (exact) mass is 383 g/mol. The summed E-state index contributed by atoms with van der Waals surface area (Å²) >= 11 is 2.26. The van der Waals surface area contributed by atoms with Gasteiger partial charge in [0.2, 0.25) is 5.91 Å². The maximum Gasteiger partial charge on any atom is 0.246 e. The molecule has 0 fully saturated rings. The molecule has 0 unspecified atom stereocenters. The molecule has 1 aromatic carbocycles. The molecule has 0 saturated heterocycles. The van der Waals surface area contributed by atoms with Gasteiger partial charge in [0.25, 0.3) is 0 Å². The van der Waals surface area contributed by atoms with Crippen LogP contribution in [0.15, 0.2) is 18.2 Å². The summed E-state index contributed by atoms with van der Waals surface area (Å²) in [5.41, 5.74) is 5.03. The molecule has 0 atom stereocenters. The largest absolute Gasteiger partial charge is 0.324 e. The first-order valence-corrected chi connectivity index (χ1v) is 7.53. The van der Waals surface area contributed by atoms with Crippen molar-refractivity contribution in [2.75, 3.05) is 5.32 Å². The van der Waals surface area contributed by atoms with Crippen LogP contribution >= 0.6 is 22.6 Å². The Morgan fingerprint density at radius 1 is 1.25 bits per heavy atom. The molecular formula is C15H18IN3O. The van der Waals surface area contributed by atoms with Crippen molar-refractivity contribution in [3.05, 3.63) is 44.3 Å². The third kappa shape index (κ3) is 3.03. The van der Waals surface area contributed by atoms with Gasteiger partial charge in [-0.05, 0) is 61.4 Å². The lowest BCUT2D eigenvalue weighted by Crippen LogP contribution is -2.21. The number of anilines is 1. The van der Waals surface area contributed by atoms with Gasteiger partial charge in [-0.2, -0.15) is 5.10 Å². The molecule has 2 aromatic rings. The minimum Gasteiger partial charge on any atom is -0.324 e. The van der Waals surface area contributed by atoms with E-state index >= 15 is 0 Å². The molecule has 0 radical (unpaired) electrons. The Morgan fingerprint density at radius 3 is 2.35 bits per heavy atom. The first-order valence-electron chi connectivity index (χ1n) is 6.45. The molecule has 0 aliphatic heterocycles. The zero-order valence-corrected chi connectivity index (χ0v) is 14.3. The highest BCUT2D eigenvalue weighted by Crippen LogP contribution is 2.20. The third-order valence-corrected chi connectivity index (χ3v) is 4.89. The molecular weight excluding hydrogens is 365 g/mol. The van der Waals surface area contributed by atoms with Crippen LogP contribution in [0.2, 0.25) is 0 Å². The highest BCUT2D eigenvalue weighted by atomic mass is 127. The van der Waals surface area contributed by atoms with E-state index in [0.717, 1.165) is 31.8 Å². The number of amides is 1. The molecule has 5 heteroatoms. The van der Waals surface area contributed by atoms with Crippen LogP contribution in [0.3, 0.4) is 0 Å². The topological polar surface area (TPSA) is 46.9 Å². The van der Waals surface area contributed by atoms with Gasteiger partial charge in [0, 0.05) is 11.4 Å². The fraction of sp³-hybridized carbons (Fsp3) is 0.333.